The predicted molar refractivity (Wildman–Crippen MR) is 112 cm³/mol. The van der Waals surface area contributed by atoms with E-state index in [1.165, 1.54) is 17.7 Å². The number of rotatable bonds is 2. The van der Waals surface area contributed by atoms with Gasteiger partial charge in [0.25, 0.3) is 0 Å². The molecule has 2 atom stereocenters. The average molecular weight is 391 g/mol. The van der Waals surface area contributed by atoms with Crippen LogP contribution in [-0.2, 0) is 4.84 Å². The van der Waals surface area contributed by atoms with Gasteiger partial charge in [0, 0.05) is 32.4 Å². The molecule has 0 spiro atoms. The molecule has 0 aromatic heterocycles. The number of benzene rings is 2. The highest BCUT2D eigenvalue weighted by Gasteiger charge is 2.36. The zero-order valence-corrected chi connectivity index (χ0v) is 16.9. The molecule has 2 aliphatic rings. The minimum Gasteiger partial charge on any atom is -0.363 e. The van der Waals surface area contributed by atoms with Gasteiger partial charge in [0.05, 0.1) is 36.2 Å². The number of hydroxylamine groups is 2. The Balaban J connectivity index is 1.73. The van der Waals surface area contributed by atoms with E-state index in [0.717, 1.165) is 36.4 Å². The standard InChI is InChI=1S/C22H25N5O2/c1-25-18-7-5-4-6-17(18)20-13-16(24-22(28)26(2)29-3)10-11-27(20)19-9-8-15(14-23)12-21(19)25/h4-9,12,16,20H,10-11,13H2,1-3H3,(H,24,28)/t16-,20-/m0/s1. The van der Waals surface area contributed by atoms with E-state index >= 15 is 0 Å². The second kappa shape index (κ2) is 7.64. The van der Waals surface area contributed by atoms with Crippen LogP contribution >= 0.6 is 0 Å². The Morgan fingerprint density at radius 2 is 2.03 bits per heavy atom. The third kappa shape index (κ3) is 3.36. The number of nitrogens with zero attached hydrogens (tertiary/aromatic N) is 4. The minimum absolute atomic E-state index is 0.0552. The third-order valence-corrected chi connectivity index (χ3v) is 5.92. The van der Waals surface area contributed by atoms with E-state index in [1.807, 2.05) is 31.3 Å². The van der Waals surface area contributed by atoms with Crippen LogP contribution in [0.3, 0.4) is 0 Å². The Hall–Kier alpha value is -3.24. The van der Waals surface area contributed by atoms with Gasteiger partial charge in [-0.2, -0.15) is 5.26 Å². The van der Waals surface area contributed by atoms with Crippen LogP contribution in [0.2, 0.25) is 0 Å². The fraction of sp³-hybridized carbons (Fsp3) is 0.364. The highest BCUT2D eigenvalue weighted by Crippen LogP contribution is 2.47. The van der Waals surface area contributed by atoms with E-state index in [0.29, 0.717) is 5.56 Å². The van der Waals surface area contributed by atoms with Crippen LogP contribution in [0.15, 0.2) is 42.5 Å². The SMILES string of the molecule is CON(C)C(=O)N[C@H]1CCN2c3ccc(C#N)cc3N(C)c3ccccc3[C@@H]2C1. The summed E-state index contributed by atoms with van der Waals surface area (Å²) in [5.74, 6) is 0. The monoisotopic (exact) mass is 391 g/mol. The van der Waals surface area contributed by atoms with Gasteiger partial charge in [-0.05, 0) is 42.7 Å². The lowest BCUT2D eigenvalue weighted by Gasteiger charge is -2.41. The minimum atomic E-state index is -0.232. The van der Waals surface area contributed by atoms with Crippen LogP contribution in [0.25, 0.3) is 0 Å². The first-order valence-electron chi connectivity index (χ1n) is 9.75. The van der Waals surface area contributed by atoms with Crippen LogP contribution in [-0.4, -0.2) is 44.9 Å². The van der Waals surface area contributed by atoms with E-state index in [2.05, 4.69) is 39.4 Å². The van der Waals surface area contributed by atoms with Crippen molar-refractivity contribution in [1.82, 2.24) is 10.4 Å². The summed E-state index contributed by atoms with van der Waals surface area (Å²) in [7, 11) is 5.12. The van der Waals surface area contributed by atoms with Gasteiger partial charge >= 0.3 is 6.03 Å². The van der Waals surface area contributed by atoms with Crippen LogP contribution < -0.4 is 15.1 Å². The maximum absolute atomic E-state index is 12.3. The fourth-order valence-corrected chi connectivity index (χ4v) is 4.34. The van der Waals surface area contributed by atoms with Gasteiger partial charge in [0.1, 0.15) is 0 Å². The molecule has 2 amide bonds. The summed E-state index contributed by atoms with van der Waals surface area (Å²) in [5, 5.41) is 13.7. The maximum Gasteiger partial charge on any atom is 0.341 e. The number of urea groups is 1. The molecule has 0 aliphatic carbocycles. The summed E-state index contributed by atoms with van der Waals surface area (Å²) >= 11 is 0. The first-order valence-corrected chi connectivity index (χ1v) is 9.75. The topological polar surface area (TPSA) is 71.8 Å². The Bertz CT molecular complexity index is 970. The zero-order chi connectivity index (χ0) is 20.5. The average Bonchev–Trinajstić information content (AvgIpc) is 2.86. The molecule has 2 aromatic rings. The van der Waals surface area contributed by atoms with Crippen molar-refractivity contribution in [2.75, 3.05) is 37.5 Å². The molecule has 1 fully saturated rings. The molecule has 2 aliphatic heterocycles. The van der Waals surface area contributed by atoms with E-state index in [4.69, 9.17) is 4.84 Å². The van der Waals surface area contributed by atoms with Gasteiger partial charge < -0.3 is 15.1 Å². The first kappa shape index (κ1) is 19.1. The number of fused-ring (bicyclic) bond motifs is 5. The van der Waals surface area contributed by atoms with Crippen molar-refractivity contribution in [3.63, 3.8) is 0 Å². The number of carbonyl (C=O) groups excluding carboxylic acids is 1. The number of carbonyl (C=O) groups is 1. The Labute approximate surface area is 171 Å². The van der Waals surface area contributed by atoms with Gasteiger partial charge in [0.2, 0.25) is 0 Å². The van der Waals surface area contributed by atoms with E-state index in [1.54, 1.807) is 7.05 Å². The largest absolute Gasteiger partial charge is 0.363 e. The van der Waals surface area contributed by atoms with Crippen LogP contribution in [0, 0.1) is 11.3 Å². The van der Waals surface area contributed by atoms with Crippen molar-refractivity contribution in [3.8, 4) is 6.07 Å². The molecule has 29 heavy (non-hydrogen) atoms. The molecule has 2 heterocycles. The molecule has 4 rings (SSSR count). The summed E-state index contributed by atoms with van der Waals surface area (Å²) in [6.07, 6.45) is 1.64. The lowest BCUT2D eigenvalue weighted by Crippen LogP contribution is -2.49. The van der Waals surface area contributed by atoms with Gasteiger partial charge in [-0.25, -0.2) is 9.86 Å². The number of hydrogen-bond acceptors (Lipinski definition) is 5. The molecule has 7 nitrogen and oxygen atoms in total. The smallest absolute Gasteiger partial charge is 0.341 e. The van der Waals surface area contributed by atoms with Crippen molar-refractivity contribution < 1.29 is 9.63 Å². The first-order chi connectivity index (χ1) is 14.0. The summed E-state index contributed by atoms with van der Waals surface area (Å²) in [5.41, 5.74) is 5.14. The van der Waals surface area contributed by atoms with Crippen molar-refractivity contribution in [3.05, 3.63) is 53.6 Å². The fourth-order valence-electron chi connectivity index (χ4n) is 4.34. The quantitative estimate of drug-likeness (QED) is 0.793. The molecule has 7 heteroatoms. The predicted octanol–water partition coefficient (Wildman–Crippen LogP) is 3.55. The van der Waals surface area contributed by atoms with Crippen LogP contribution in [0.1, 0.15) is 30.0 Å². The number of para-hydroxylation sites is 1. The Morgan fingerprint density at radius 3 is 2.79 bits per heavy atom. The van der Waals surface area contributed by atoms with E-state index in [9.17, 15) is 10.1 Å². The molecule has 150 valence electrons. The number of anilines is 3. The number of hydrogen-bond donors (Lipinski definition) is 1. The van der Waals surface area contributed by atoms with Gasteiger partial charge in [-0.3, -0.25) is 4.84 Å². The molecule has 0 saturated carbocycles. The van der Waals surface area contributed by atoms with Crippen molar-refractivity contribution >= 4 is 23.1 Å². The summed E-state index contributed by atoms with van der Waals surface area (Å²) in [6, 6.07) is 16.4. The highest BCUT2D eigenvalue weighted by molar-refractivity contribution is 5.83. The Kier molecular flexibility index (Phi) is 5.03. The van der Waals surface area contributed by atoms with Crippen LogP contribution in [0.4, 0.5) is 21.9 Å². The maximum atomic E-state index is 12.3. The number of nitriles is 1. The molecule has 1 saturated heterocycles. The lowest BCUT2D eigenvalue weighted by molar-refractivity contribution is -0.0658. The van der Waals surface area contributed by atoms with E-state index < -0.39 is 0 Å². The number of amides is 2. The molecule has 2 aromatic carbocycles. The Morgan fingerprint density at radius 1 is 1.24 bits per heavy atom. The highest BCUT2D eigenvalue weighted by atomic mass is 16.7. The summed E-state index contributed by atoms with van der Waals surface area (Å²) in [4.78, 5) is 21.8. The summed E-state index contributed by atoms with van der Waals surface area (Å²) in [6.45, 7) is 0.813. The third-order valence-electron chi connectivity index (χ3n) is 5.92. The zero-order valence-electron chi connectivity index (χ0n) is 16.9. The molecule has 1 N–H and O–H groups in total. The lowest BCUT2D eigenvalue weighted by atomic mass is 9.90. The molecule has 0 bridgehead atoms. The second-order valence-corrected chi connectivity index (χ2v) is 7.49. The summed E-state index contributed by atoms with van der Waals surface area (Å²) < 4.78 is 0. The molecular weight excluding hydrogens is 366 g/mol. The molecule has 0 unspecified atom stereocenters. The van der Waals surface area contributed by atoms with E-state index in [-0.39, 0.29) is 18.1 Å². The van der Waals surface area contributed by atoms with Crippen molar-refractivity contribution in [1.29, 1.82) is 5.26 Å². The second-order valence-electron chi connectivity index (χ2n) is 7.49. The molecule has 0 radical (unpaired) electrons. The van der Waals surface area contributed by atoms with Crippen LogP contribution in [0.5, 0.6) is 0 Å². The van der Waals surface area contributed by atoms with Gasteiger partial charge in [-0.1, -0.05) is 18.2 Å². The van der Waals surface area contributed by atoms with Gasteiger partial charge in [0.15, 0.2) is 0 Å². The number of nitrogens with one attached hydrogen (secondary N) is 1. The van der Waals surface area contributed by atoms with Gasteiger partial charge in [-0.15, -0.1) is 0 Å². The normalized spacial score (nSPS) is 19.9. The number of piperidine rings is 1. The molecular formula is C22H25N5O2. The van der Waals surface area contributed by atoms with Crippen molar-refractivity contribution in [2.24, 2.45) is 0 Å². The van der Waals surface area contributed by atoms with Crippen molar-refractivity contribution in [2.45, 2.75) is 24.9 Å².